The van der Waals surface area contributed by atoms with Gasteiger partial charge in [-0.3, -0.25) is 0 Å². The molecule has 1 aliphatic rings. The first-order valence-corrected chi connectivity index (χ1v) is 8.00. The zero-order valence-electron chi connectivity index (χ0n) is 11.5. The molecule has 0 saturated carbocycles. The Labute approximate surface area is 132 Å². The van der Waals surface area contributed by atoms with Gasteiger partial charge >= 0.3 is 0 Å². The van der Waals surface area contributed by atoms with Gasteiger partial charge in [-0.1, -0.05) is 58.4 Å². The summed E-state index contributed by atoms with van der Waals surface area (Å²) in [5.41, 5.74) is 4.75. The molecule has 2 heteroatoms. The molecular formula is C19H15BrO. The van der Waals surface area contributed by atoms with E-state index in [9.17, 15) is 5.11 Å². The van der Waals surface area contributed by atoms with Crippen LogP contribution in [0.1, 0.15) is 28.4 Å². The molecule has 104 valence electrons. The average Bonchev–Trinajstić information content (AvgIpc) is 2.93. The molecule has 1 N–H and O–H groups in total. The lowest BCUT2D eigenvalue weighted by atomic mass is 9.93. The van der Waals surface area contributed by atoms with Gasteiger partial charge in [0.1, 0.15) is 6.10 Å². The number of halogens is 1. The fraction of sp³-hybridized carbons (Fsp3) is 0.158. The molecule has 3 aromatic carbocycles. The predicted molar refractivity (Wildman–Crippen MR) is 89.6 cm³/mol. The fourth-order valence-electron chi connectivity index (χ4n) is 3.33. The molecular weight excluding hydrogens is 324 g/mol. The van der Waals surface area contributed by atoms with E-state index in [0.717, 1.165) is 28.4 Å². The number of benzene rings is 3. The van der Waals surface area contributed by atoms with Crippen LogP contribution in [0.2, 0.25) is 0 Å². The van der Waals surface area contributed by atoms with E-state index < -0.39 is 6.10 Å². The van der Waals surface area contributed by atoms with Crippen molar-refractivity contribution in [2.24, 2.45) is 0 Å². The Kier molecular flexibility index (Phi) is 3.09. The fourth-order valence-corrected chi connectivity index (χ4v) is 3.60. The lowest BCUT2D eigenvalue weighted by molar-refractivity contribution is 0.222. The van der Waals surface area contributed by atoms with Crippen molar-refractivity contribution >= 4 is 26.7 Å². The summed E-state index contributed by atoms with van der Waals surface area (Å²) in [6, 6.07) is 18.6. The van der Waals surface area contributed by atoms with E-state index in [-0.39, 0.29) is 0 Å². The molecule has 0 fully saturated rings. The lowest BCUT2D eigenvalue weighted by Crippen LogP contribution is -2.01. The zero-order chi connectivity index (χ0) is 14.4. The van der Waals surface area contributed by atoms with E-state index in [4.69, 9.17) is 0 Å². The number of hydrogen-bond donors (Lipinski definition) is 1. The van der Waals surface area contributed by atoms with Crippen LogP contribution in [-0.2, 0) is 12.8 Å². The second kappa shape index (κ2) is 4.97. The van der Waals surface area contributed by atoms with Crippen LogP contribution in [0, 0.1) is 0 Å². The van der Waals surface area contributed by atoms with Crippen LogP contribution in [0.4, 0.5) is 0 Å². The average molecular weight is 339 g/mol. The third kappa shape index (κ3) is 2.10. The van der Waals surface area contributed by atoms with Crippen LogP contribution in [0.5, 0.6) is 0 Å². The highest BCUT2D eigenvalue weighted by molar-refractivity contribution is 9.10. The van der Waals surface area contributed by atoms with E-state index in [2.05, 4.69) is 46.3 Å². The maximum absolute atomic E-state index is 10.8. The zero-order valence-corrected chi connectivity index (χ0v) is 13.1. The lowest BCUT2D eigenvalue weighted by Gasteiger charge is -2.15. The van der Waals surface area contributed by atoms with E-state index in [1.165, 1.54) is 21.9 Å². The van der Waals surface area contributed by atoms with Crippen molar-refractivity contribution in [3.8, 4) is 0 Å². The van der Waals surface area contributed by atoms with Crippen molar-refractivity contribution in [3.63, 3.8) is 0 Å². The van der Waals surface area contributed by atoms with Gasteiger partial charge in [0.15, 0.2) is 0 Å². The van der Waals surface area contributed by atoms with E-state index >= 15 is 0 Å². The summed E-state index contributed by atoms with van der Waals surface area (Å²) >= 11 is 3.44. The quantitative estimate of drug-likeness (QED) is 0.712. The second-order valence-electron chi connectivity index (χ2n) is 5.61. The van der Waals surface area contributed by atoms with Crippen molar-refractivity contribution in [2.45, 2.75) is 18.9 Å². The third-order valence-corrected chi connectivity index (χ3v) is 4.92. The number of rotatable bonds is 2. The summed E-state index contributed by atoms with van der Waals surface area (Å²) in [6.07, 6.45) is 1.65. The molecule has 0 amide bonds. The standard InChI is InChI=1S/C19H15BrO/c20-15-9-6-14(7-10-15)19(21)17-11-8-13-5-4-12-2-1-3-16(17)18(12)13/h1-3,6-11,19,21H,4-5H2/t19-/m1/s1. The SMILES string of the molecule is O[C@H](c1ccc(Br)cc1)c1ccc2c3c(cccc13)CC2. The smallest absolute Gasteiger partial charge is 0.105 e. The minimum absolute atomic E-state index is 0.581. The first-order chi connectivity index (χ1) is 10.2. The maximum Gasteiger partial charge on any atom is 0.105 e. The molecule has 0 aliphatic heterocycles. The molecule has 1 nitrogen and oxygen atoms in total. The normalized spacial score (nSPS) is 14.6. The highest BCUT2D eigenvalue weighted by Gasteiger charge is 2.19. The molecule has 0 saturated heterocycles. The summed E-state index contributed by atoms with van der Waals surface area (Å²) in [7, 11) is 0. The highest BCUT2D eigenvalue weighted by Crippen LogP contribution is 2.36. The molecule has 0 unspecified atom stereocenters. The number of aliphatic hydroxyl groups is 1. The highest BCUT2D eigenvalue weighted by atomic mass is 79.9. The summed E-state index contributed by atoms with van der Waals surface area (Å²) in [5.74, 6) is 0. The van der Waals surface area contributed by atoms with Gasteiger partial charge in [-0.25, -0.2) is 0 Å². The van der Waals surface area contributed by atoms with E-state index in [0.29, 0.717) is 0 Å². The minimum Gasteiger partial charge on any atom is -0.384 e. The van der Waals surface area contributed by atoms with Crippen molar-refractivity contribution < 1.29 is 5.11 Å². The molecule has 1 aliphatic carbocycles. The molecule has 3 aromatic rings. The van der Waals surface area contributed by atoms with Gasteiger partial charge in [0.25, 0.3) is 0 Å². The van der Waals surface area contributed by atoms with Gasteiger partial charge in [0.2, 0.25) is 0 Å². The van der Waals surface area contributed by atoms with Gasteiger partial charge in [0.05, 0.1) is 0 Å². The summed E-state index contributed by atoms with van der Waals surface area (Å²) in [5, 5.41) is 13.3. The summed E-state index contributed by atoms with van der Waals surface area (Å²) in [4.78, 5) is 0. The van der Waals surface area contributed by atoms with Gasteiger partial charge in [-0.2, -0.15) is 0 Å². The predicted octanol–water partition coefficient (Wildman–Crippen LogP) is 4.78. The molecule has 0 radical (unpaired) electrons. The van der Waals surface area contributed by atoms with E-state index in [1.54, 1.807) is 0 Å². The molecule has 0 aromatic heterocycles. The first kappa shape index (κ1) is 13.1. The van der Waals surface area contributed by atoms with Crippen molar-refractivity contribution in [1.29, 1.82) is 0 Å². The molecule has 1 atom stereocenters. The van der Waals surface area contributed by atoms with Crippen molar-refractivity contribution in [3.05, 3.63) is 81.3 Å². The molecule has 4 rings (SSSR count). The molecule has 0 heterocycles. The van der Waals surface area contributed by atoms with Crippen molar-refractivity contribution in [2.75, 3.05) is 0 Å². The van der Waals surface area contributed by atoms with Crippen LogP contribution in [0.3, 0.4) is 0 Å². The third-order valence-electron chi connectivity index (χ3n) is 4.39. The van der Waals surface area contributed by atoms with Crippen LogP contribution in [0.15, 0.2) is 59.1 Å². The van der Waals surface area contributed by atoms with E-state index in [1.807, 2.05) is 24.3 Å². The summed E-state index contributed by atoms with van der Waals surface area (Å²) < 4.78 is 1.03. The monoisotopic (exact) mass is 338 g/mol. The maximum atomic E-state index is 10.8. The Morgan fingerprint density at radius 2 is 1.57 bits per heavy atom. The minimum atomic E-state index is -0.581. The van der Waals surface area contributed by atoms with Crippen LogP contribution in [0.25, 0.3) is 10.8 Å². The Bertz CT molecular complexity index is 811. The Morgan fingerprint density at radius 1 is 0.857 bits per heavy atom. The Balaban J connectivity index is 1.89. The number of aryl methyl sites for hydroxylation is 2. The molecule has 0 spiro atoms. The first-order valence-electron chi connectivity index (χ1n) is 7.21. The topological polar surface area (TPSA) is 20.2 Å². The van der Waals surface area contributed by atoms with Gasteiger partial charge in [-0.15, -0.1) is 0 Å². The van der Waals surface area contributed by atoms with Crippen molar-refractivity contribution in [1.82, 2.24) is 0 Å². The van der Waals surface area contributed by atoms with Crippen LogP contribution in [-0.4, -0.2) is 5.11 Å². The van der Waals surface area contributed by atoms with Gasteiger partial charge in [0, 0.05) is 4.47 Å². The van der Waals surface area contributed by atoms with Crippen LogP contribution >= 0.6 is 15.9 Å². The molecule has 21 heavy (non-hydrogen) atoms. The number of hydrogen-bond acceptors (Lipinski definition) is 1. The van der Waals surface area contributed by atoms with Crippen LogP contribution < -0.4 is 0 Å². The Morgan fingerprint density at radius 3 is 2.33 bits per heavy atom. The second-order valence-corrected chi connectivity index (χ2v) is 6.52. The molecule has 0 bridgehead atoms. The largest absolute Gasteiger partial charge is 0.384 e. The van der Waals surface area contributed by atoms with Gasteiger partial charge in [-0.05, 0) is 58.0 Å². The Hall–Kier alpha value is -1.64. The van der Waals surface area contributed by atoms with Gasteiger partial charge < -0.3 is 5.11 Å². The number of aliphatic hydroxyl groups excluding tert-OH is 1. The summed E-state index contributed by atoms with van der Waals surface area (Å²) in [6.45, 7) is 0.